The van der Waals surface area contributed by atoms with Gasteiger partial charge < -0.3 is 10.1 Å². The number of hydrogen-bond acceptors (Lipinski definition) is 6. The molecule has 11 heteroatoms. The molecule has 5 rings (SSSR count). The molecule has 0 atom stereocenters. The maximum absolute atomic E-state index is 14.5. The number of halogens is 1. The van der Waals surface area contributed by atoms with Crippen LogP contribution in [0.3, 0.4) is 0 Å². The Bertz CT molecular complexity index is 1500. The Morgan fingerprint density at radius 3 is 2.67 bits per heavy atom. The van der Waals surface area contributed by atoms with E-state index < -0.39 is 5.82 Å². The number of ether oxygens (including phenoxy) is 1. The van der Waals surface area contributed by atoms with E-state index in [2.05, 4.69) is 32.5 Å². The normalized spacial score (nSPS) is 14.5. The van der Waals surface area contributed by atoms with Crippen LogP contribution < -0.4 is 10.9 Å². The van der Waals surface area contributed by atoms with E-state index >= 15 is 0 Å². The Hall–Kier alpha value is -3.41. The lowest BCUT2D eigenvalue weighted by Crippen LogP contribution is -2.35. The van der Waals surface area contributed by atoms with Crippen molar-refractivity contribution in [2.45, 2.75) is 25.9 Å². The maximum atomic E-state index is 14.5. The summed E-state index contributed by atoms with van der Waals surface area (Å²) in [6, 6.07) is 12.4. The summed E-state index contributed by atoms with van der Waals surface area (Å²) in [7, 11) is 0. The van der Waals surface area contributed by atoms with Crippen LogP contribution in [0.2, 0.25) is 0 Å². The summed E-state index contributed by atoms with van der Waals surface area (Å²) in [6.45, 7) is 4.98. The number of amides is 1. The summed E-state index contributed by atoms with van der Waals surface area (Å²) >= 11 is 5.26. The molecule has 1 aliphatic heterocycles. The van der Waals surface area contributed by atoms with Gasteiger partial charge in [-0.2, -0.15) is 0 Å². The largest absolute Gasteiger partial charge is 0.379 e. The van der Waals surface area contributed by atoms with Gasteiger partial charge in [0.1, 0.15) is 5.82 Å². The molecule has 188 valence electrons. The number of fused-ring (bicyclic) bond motifs is 3. The number of benzene rings is 2. The number of aryl methyl sites for hydroxylation is 1. The number of H-pyrrole nitrogens is 1. The molecule has 9 nitrogen and oxygen atoms in total. The fraction of sp³-hybridized carbons (Fsp3) is 0.360. The quantitative estimate of drug-likeness (QED) is 0.279. The van der Waals surface area contributed by atoms with E-state index in [9.17, 15) is 14.0 Å². The molecule has 1 fully saturated rings. The second kappa shape index (κ2) is 10.7. The van der Waals surface area contributed by atoms with E-state index in [1.807, 2.05) is 12.1 Å². The van der Waals surface area contributed by atoms with Gasteiger partial charge in [0, 0.05) is 32.7 Å². The van der Waals surface area contributed by atoms with Crippen LogP contribution in [0, 0.1) is 10.6 Å². The number of nitrogens with one attached hydrogen (secondary N) is 2. The monoisotopic (exact) mass is 510 g/mol. The number of aromatic nitrogens is 4. The number of nitrogens with zero attached hydrogens (tertiary/aromatic N) is 4. The zero-order valence-corrected chi connectivity index (χ0v) is 20.5. The number of hydrogen-bond donors (Lipinski definition) is 2. The molecule has 2 aromatic heterocycles. The van der Waals surface area contributed by atoms with E-state index in [1.165, 1.54) is 26.7 Å². The Labute approximate surface area is 211 Å². The number of rotatable bonds is 8. The highest BCUT2D eigenvalue weighted by Crippen LogP contribution is 2.17. The second-order valence-electron chi connectivity index (χ2n) is 8.84. The van der Waals surface area contributed by atoms with Gasteiger partial charge in [-0.05, 0) is 41.9 Å². The molecule has 1 saturated heterocycles. The fourth-order valence-corrected chi connectivity index (χ4v) is 4.74. The van der Waals surface area contributed by atoms with Crippen molar-refractivity contribution >= 4 is 34.8 Å². The zero-order valence-electron chi connectivity index (χ0n) is 19.7. The minimum atomic E-state index is -0.541. The summed E-state index contributed by atoms with van der Waals surface area (Å²) < 4.78 is 23.0. The molecular formula is C25H27FN6O3S. The first kappa shape index (κ1) is 24.3. The second-order valence-corrected chi connectivity index (χ2v) is 9.23. The standard InChI is InChI=1S/C25H27FN6O3S/c26-20-4-1-3-19-22(20)32-24(28-29-25(32)36)31(23(19)34)10-2-9-27-21(33)15-17-5-7-18(8-6-17)16-30-11-13-35-14-12-30/h1,3-8H,2,9-16H2,(H,27,33)(H,29,36). The molecule has 0 bridgehead atoms. The van der Waals surface area contributed by atoms with Gasteiger partial charge in [0.25, 0.3) is 5.56 Å². The lowest BCUT2D eigenvalue weighted by molar-refractivity contribution is -0.120. The fourth-order valence-electron chi connectivity index (χ4n) is 4.52. The Morgan fingerprint density at radius 2 is 1.89 bits per heavy atom. The predicted molar refractivity (Wildman–Crippen MR) is 136 cm³/mol. The van der Waals surface area contributed by atoms with Crippen molar-refractivity contribution in [2.24, 2.45) is 0 Å². The number of para-hydroxylation sites is 1. The molecule has 3 heterocycles. The van der Waals surface area contributed by atoms with Gasteiger partial charge in [-0.25, -0.2) is 9.49 Å². The highest BCUT2D eigenvalue weighted by atomic mass is 32.1. The lowest BCUT2D eigenvalue weighted by Gasteiger charge is -2.26. The molecule has 2 N–H and O–H groups in total. The molecule has 0 radical (unpaired) electrons. The van der Waals surface area contributed by atoms with Crippen LogP contribution in [0.15, 0.2) is 47.3 Å². The van der Waals surface area contributed by atoms with Gasteiger partial charge in [0.2, 0.25) is 16.5 Å². The average Bonchev–Trinajstić information content (AvgIpc) is 3.26. The summed E-state index contributed by atoms with van der Waals surface area (Å²) in [6.07, 6.45) is 0.784. The smallest absolute Gasteiger partial charge is 0.262 e. The minimum absolute atomic E-state index is 0.0870. The topological polar surface area (TPSA) is 96.7 Å². The number of carbonyl (C=O) groups is 1. The molecule has 0 saturated carbocycles. The van der Waals surface area contributed by atoms with Crippen molar-refractivity contribution in [1.29, 1.82) is 0 Å². The SMILES string of the molecule is O=C(Cc1ccc(CN2CCOCC2)cc1)NCCCn1c(=O)c2cccc(F)c2n2c(=S)[nH]nc12. The highest BCUT2D eigenvalue weighted by molar-refractivity contribution is 7.71. The number of carbonyl (C=O) groups excluding carboxylic acids is 1. The third-order valence-electron chi connectivity index (χ3n) is 6.36. The van der Waals surface area contributed by atoms with E-state index in [4.69, 9.17) is 17.0 Å². The first-order valence-corrected chi connectivity index (χ1v) is 12.3. The van der Waals surface area contributed by atoms with Crippen LogP contribution in [0.4, 0.5) is 4.39 Å². The van der Waals surface area contributed by atoms with Crippen molar-refractivity contribution < 1.29 is 13.9 Å². The van der Waals surface area contributed by atoms with Crippen molar-refractivity contribution in [3.8, 4) is 0 Å². The summed E-state index contributed by atoms with van der Waals surface area (Å²) in [4.78, 5) is 27.8. The van der Waals surface area contributed by atoms with Crippen LogP contribution in [-0.4, -0.2) is 62.8 Å². The van der Waals surface area contributed by atoms with Gasteiger partial charge in [0.15, 0.2) is 0 Å². The zero-order chi connectivity index (χ0) is 25.1. The van der Waals surface area contributed by atoms with Gasteiger partial charge in [-0.3, -0.25) is 23.5 Å². The van der Waals surface area contributed by atoms with Crippen LogP contribution in [-0.2, 0) is 29.0 Å². The molecular weight excluding hydrogens is 483 g/mol. The van der Waals surface area contributed by atoms with Gasteiger partial charge >= 0.3 is 0 Å². The molecule has 4 aromatic rings. The summed E-state index contributed by atoms with van der Waals surface area (Å²) in [5, 5.41) is 9.90. The van der Waals surface area contributed by atoms with Crippen molar-refractivity contribution in [2.75, 3.05) is 32.8 Å². The molecule has 1 amide bonds. The molecule has 0 aliphatic carbocycles. The van der Waals surface area contributed by atoms with Crippen molar-refractivity contribution in [1.82, 2.24) is 29.4 Å². The number of aromatic amines is 1. The molecule has 0 unspecified atom stereocenters. The van der Waals surface area contributed by atoms with Crippen molar-refractivity contribution in [3.63, 3.8) is 0 Å². The lowest BCUT2D eigenvalue weighted by atomic mass is 10.1. The third-order valence-corrected chi connectivity index (χ3v) is 6.63. The first-order chi connectivity index (χ1) is 17.5. The first-order valence-electron chi connectivity index (χ1n) is 11.9. The van der Waals surface area contributed by atoms with E-state index in [1.54, 1.807) is 6.07 Å². The van der Waals surface area contributed by atoms with Crippen LogP contribution in [0.1, 0.15) is 17.5 Å². The maximum Gasteiger partial charge on any atom is 0.262 e. The highest BCUT2D eigenvalue weighted by Gasteiger charge is 2.16. The number of morpholine rings is 1. The van der Waals surface area contributed by atoms with Crippen LogP contribution in [0.25, 0.3) is 16.7 Å². The van der Waals surface area contributed by atoms with Crippen LogP contribution in [0.5, 0.6) is 0 Å². The molecule has 1 aliphatic rings. The van der Waals surface area contributed by atoms with E-state index in [0.29, 0.717) is 19.5 Å². The van der Waals surface area contributed by atoms with E-state index in [0.717, 1.165) is 38.4 Å². The van der Waals surface area contributed by atoms with E-state index in [-0.39, 0.29) is 39.3 Å². The average molecular weight is 511 g/mol. The van der Waals surface area contributed by atoms with Crippen LogP contribution >= 0.6 is 12.2 Å². The van der Waals surface area contributed by atoms with Gasteiger partial charge in [-0.1, -0.05) is 30.3 Å². The van der Waals surface area contributed by atoms with Crippen molar-refractivity contribution in [3.05, 3.63) is 74.5 Å². The molecule has 36 heavy (non-hydrogen) atoms. The Balaban J connectivity index is 1.18. The molecule has 0 spiro atoms. The van der Waals surface area contributed by atoms with Gasteiger partial charge in [0.05, 0.1) is 30.5 Å². The Morgan fingerprint density at radius 1 is 1.14 bits per heavy atom. The summed E-state index contributed by atoms with van der Waals surface area (Å²) in [5.74, 6) is -0.386. The third kappa shape index (κ3) is 5.08. The summed E-state index contributed by atoms with van der Waals surface area (Å²) in [5.41, 5.74) is 1.91. The predicted octanol–water partition coefficient (Wildman–Crippen LogP) is 2.43. The van der Waals surface area contributed by atoms with Gasteiger partial charge in [-0.15, -0.1) is 5.10 Å². The minimum Gasteiger partial charge on any atom is -0.379 e. The molecule has 2 aromatic carbocycles. The Kier molecular flexibility index (Phi) is 7.21.